The molecule has 0 unspecified atom stereocenters. The summed E-state index contributed by atoms with van der Waals surface area (Å²) in [5.74, 6) is -1.35. The number of carbonyl (C=O) groups is 3. The van der Waals surface area contributed by atoms with E-state index in [9.17, 15) is 14.4 Å². The highest BCUT2D eigenvalue weighted by molar-refractivity contribution is 6.35. The quantitative estimate of drug-likeness (QED) is 0.580. The highest BCUT2D eigenvalue weighted by Gasteiger charge is 2.60. The lowest BCUT2D eigenvalue weighted by molar-refractivity contribution is -0.130. The van der Waals surface area contributed by atoms with Crippen molar-refractivity contribution in [2.75, 3.05) is 17.7 Å². The predicted molar refractivity (Wildman–Crippen MR) is 112 cm³/mol. The summed E-state index contributed by atoms with van der Waals surface area (Å²) < 4.78 is 5.13. The first-order valence-corrected chi connectivity index (χ1v) is 9.84. The molecule has 5 N–H and O–H groups in total. The van der Waals surface area contributed by atoms with Crippen LogP contribution in [0.1, 0.15) is 18.4 Å². The fourth-order valence-corrected chi connectivity index (χ4v) is 4.55. The first-order chi connectivity index (χ1) is 14.3. The summed E-state index contributed by atoms with van der Waals surface area (Å²) in [6.45, 7) is 0. The van der Waals surface area contributed by atoms with Crippen molar-refractivity contribution in [3.8, 4) is 5.75 Å². The molecule has 30 heavy (non-hydrogen) atoms. The summed E-state index contributed by atoms with van der Waals surface area (Å²) in [6.07, 6.45) is 0.279. The fourth-order valence-electron chi connectivity index (χ4n) is 4.33. The van der Waals surface area contributed by atoms with Gasteiger partial charge < -0.3 is 21.1 Å². The molecule has 2 aliphatic heterocycles. The molecule has 1 fully saturated rings. The van der Waals surface area contributed by atoms with Crippen LogP contribution < -0.4 is 26.4 Å². The number of benzene rings is 2. The Kier molecular flexibility index (Phi) is 5.13. The molecule has 0 saturated carbocycles. The van der Waals surface area contributed by atoms with E-state index < -0.39 is 23.4 Å². The largest absolute Gasteiger partial charge is 0.497 e. The maximum atomic E-state index is 13.3. The summed E-state index contributed by atoms with van der Waals surface area (Å²) in [7, 11) is 1.56. The molecule has 0 bridgehead atoms. The lowest BCUT2D eigenvalue weighted by Crippen LogP contribution is -2.52. The van der Waals surface area contributed by atoms with E-state index in [1.807, 2.05) is 0 Å². The maximum Gasteiger partial charge on any atom is 0.250 e. The van der Waals surface area contributed by atoms with Crippen molar-refractivity contribution in [2.24, 2.45) is 11.7 Å². The molecule has 0 radical (unpaired) electrons. The zero-order valence-corrected chi connectivity index (χ0v) is 17.0. The van der Waals surface area contributed by atoms with Crippen LogP contribution in [0.4, 0.5) is 11.4 Å². The number of fused-ring (bicyclic) bond motifs is 2. The number of amides is 3. The third-order valence-corrected chi connectivity index (χ3v) is 5.95. The van der Waals surface area contributed by atoms with Gasteiger partial charge in [0.05, 0.1) is 23.7 Å². The molecular formula is C21H21ClN4O4. The molecule has 4 rings (SSSR count). The zero-order chi connectivity index (χ0) is 21.5. The normalized spacial score (nSPS) is 24.4. The standard InChI is InChI=1S/C21H21ClN4O4/c1-30-13-7-5-11(6-8-13)24-19(28)15-9-12(10-17(23)27)26-21(15)14-3-2-4-16(22)18(14)25-20(21)29/h2-8,12,15,26H,9-10H2,1H3,(H2,23,27)(H,24,28)(H,25,29)/t12-,15-,21+/m1/s1. The number of nitrogens with one attached hydrogen (secondary N) is 3. The van der Waals surface area contributed by atoms with Gasteiger partial charge in [-0.15, -0.1) is 0 Å². The Balaban J connectivity index is 1.70. The summed E-state index contributed by atoms with van der Waals surface area (Å²) in [5.41, 5.74) is 5.66. The van der Waals surface area contributed by atoms with Crippen molar-refractivity contribution >= 4 is 40.7 Å². The maximum absolute atomic E-state index is 13.3. The summed E-state index contributed by atoms with van der Waals surface area (Å²) in [5, 5.41) is 9.25. The average molecular weight is 429 g/mol. The second kappa shape index (κ2) is 7.62. The van der Waals surface area contributed by atoms with Gasteiger partial charge in [0, 0.05) is 23.7 Å². The molecule has 2 aromatic rings. The van der Waals surface area contributed by atoms with Crippen LogP contribution in [0.5, 0.6) is 5.75 Å². The zero-order valence-electron chi connectivity index (χ0n) is 16.2. The molecule has 2 aromatic carbocycles. The van der Waals surface area contributed by atoms with Crippen molar-refractivity contribution in [2.45, 2.75) is 24.4 Å². The van der Waals surface area contributed by atoms with E-state index in [4.69, 9.17) is 22.1 Å². The monoisotopic (exact) mass is 428 g/mol. The van der Waals surface area contributed by atoms with Gasteiger partial charge in [-0.1, -0.05) is 23.7 Å². The summed E-state index contributed by atoms with van der Waals surface area (Å²) >= 11 is 6.27. The van der Waals surface area contributed by atoms with E-state index in [0.717, 1.165) is 0 Å². The Morgan fingerprint density at radius 3 is 2.67 bits per heavy atom. The Labute approximate surface area is 178 Å². The van der Waals surface area contributed by atoms with Gasteiger partial charge >= 0.3 is 0 Å². The average Bonchev–Trinajstić information content (AvgIpc) is 3.22. The Morgan fingerprint density at radius 1 is 1.27 bits per heavy atom. The molecule has 2 heterocycles. The number of ether oxygens (including phenoxy) is 1. The van der Waals surface area contributed by atoms with Gasteiger partial charge in [0.2, 0.25) is 17.7 Å². The second-order valence-corrected chi connectivity index (χ2v) is 7.85. The molecule has 9 heteroatoms. The molecule has 0 aromatic heterocycles. The minimum atomic E-state index is -1.34. The number of methoxy groups -OCH3 is 1. The Morgan fingerprint density at radius 2 is 2.00 bits per heavy atom. The van der Waals surface area contributed by atoms with Crippen LogP contribution in [0.3, 0.4) is 0 Å². The van der Waals surface area contributed by atoms with Crippen molar-refractivity contribution in [3.63, 3.8) is 0 Å². The molecule has 8 nitrogen and oxygen atoms in total. The molecular weight excluding hydrogens is 408 g/mol. The van der Waals surface area contributed by atoms with E-state index in [-0.39, 0.29) is 24.7 Å². The third kappa shape index (κ3) is 3.28. The molecule has 1 saturated heterocycles. The van der Waals surface area contributed by atoms with Gasteiger partial charge in [-0.3, -0.25) is 19.7 Å². The van der Waals surface area contributed by atoms with Crippen molar-refractivity contribution in [1.29, 1.82) is 0 Å². The minimum Gasteiger partial charge on any atom is -0.497 e. The summed E-state index contributed by atoms with van der Waals surface area (Å²) in [6, 6.07) is 11.6. The number of rotatable bonds is 5. The second-order valence-electron chi connectivity index (χ2n) is 7.44. The van der Waals surface area contributed by atoms with Crippen LogP contribution in [0, 0.1) is 5.92 Å². The van der Waals surface area contributed by atoms with E-state index in [2.05, 4.69) is 16.0 Å². The number of hydrogen-bond acceptors (Lipinski definition) is 5. The Bertz CT molecular complexity index is 1030. The number of nitrogens with two attached hydrogens (primary N) is 1. The number of anilines is 2. The predicted octanol–water partition coefficient (Wildman–Crippen LogP) is 1.99. The van der Waals surface area contributed by atoms with Crippen LogP contribution >= 0.6 is 11.6 Å². The van der Waals surface area contributed by atoms with Gasteiger partial charge in [0.15, 0.2) is 0 Å². The number of primary amides is 1. The fraction of sp³-hybridized carbons (Fsp3) is 0.286. The molecule has 3 amide bonds. The highest BCUT2D eigenvalue weighted by atomic mass is 35.5. The van der Waals surface area contributed by atoms with E-state index in [1.54, 1.807) is 49.6 Å². The van der Waals surface area contributed by atoms with E-state index >= 15 is 0 Å². The van der Waals surface area contributed by atoms with Crippen molar-refractivity contribution < 1.29 is 19.1 Å². The third-order valence-electron chi connectivity index (χ3n) is 5.63. The first kappa shape index (κ1) is 20.2. The molecule has 3 atom stereocenters. The molecule has 156 valence electrons. The van der Waals surface area contributed by atoms with Gasteiger partial charge in [0.1, 0.15) is 11.3 Å². The van der Waals surface area contributed by atoms with E-state index in [0.29, 0.717) is 27.7 Å². The highest BCUT2D eigenvalue weighted by Crippen LogP contribution is 2.49. The summed E-state index contributed by atoms with van der Waals surface area (Å²) in [4.78, 5) is 38.0. The van der Waals surface area contributed by atoms with E-state index in [1.165, 1.54) is 0 Å². The van der Waals surface area contributed by atoms with Gasteiger partial charge in [0.25, 0.3) is 0 Å². The van der Waals surface area contributed by atoms with Crippen LogP contribution in [0.25, 0.3) is 0 Å². The van der Waals surface area contributed by atoms with Crippen LogP contribution in [0.2, 0.25) is 5.02 Å². The minimum absolute atomic E-state index is 0.0112. The van der Waals surface area contributed by atoms with Crippen molar-refractivity contribution in [1.82, 2.24) is 5.32 Å². The van der Waals surface area contributed by atoms with Crippen LogP contribution in [-0.2, 0) is 19.9 Å². The number of para-hydroxylation sites is 1. The van der Waals surface area contributed by atoms with Gasteiger partial charge in [-0.05, 0) is 36.8 Å². The van der Waals surface area contributed by atoms with Gasteiger partial charge in [-0.2, -0.15) is 0 Å². The van der Waals surface area contributed by atoms with Crippen LogP contribution in [-0.4, -0.2) is 30.9 Å². The topological polar surface area (TPSA) is 123 Å². The van der Waals surface area contributed by atoms with Gasteiger partial charge in [-0.25, -0.2) is 0 Å². The number of carbonyl (C=O) groups excluding carboxylic acids is 3. The van der Waals surface area contributed by atoms with Crippen molar-refractivity contribution in [3.05, 3.63) is 53.1 Å². The lowest BCUT2D eigenvalue weighted by Gasteiger charge is -2.29. The molecule has 0 aliphatic carbocycles. The van der Waals surface area contributed by atoms with Crippen LogP contribution in [0.15, 0.2) is 42.5 Å². The Hall–Kier alpha value is -3.10. The first-order valence-electron chi connectivity index (χ1n) is 9.46. The molecule has 1 spiro atoms. The number of hydrogen-bond donors (Lipinski definition) is 4. The lowest BCUT2D eigenvalue weighted by atomic mass is 9.79. The molecule has 2 aliphatic rings. The smallest absolute Gasteiger partial charge is 0.250 e. The SMILES string of the molecule is COc1ccc(NC(=O)[C@H]2C[C@H](CC(N)=O)N[C@]23C(=O)Nc2c(Cl)cccc23)cc1. The number of halogens is 1.